The van der Waals surface area contributed by atoms with E-state index in [1.807, 2.05) is 36.4 Å². The SMILES string of the molecule is CC(=O)c1ccc(Nc2ncc(-c3ccccc3)cc2C#N)cc1. The molecule has 1 N–H and O–H groups in total. The number of hydrogen-bond donors (Lipinski definition) is 1. The largest absolute Gasteiger partial charge is 0.339 e. The van der Waals surface area contributed by atoms with Crippen molar-refractivity contribution < 1.29 is 4.79 Å². The fraction of sp³-hybridized carbons (Fsp3) is 0.0500. The smallest absolute Gasteiger partial charge is 0.159 e. The summed E-state index contributed by atoms with van der Waals surface area (Å²) in [5, 5.41) is 12.5. The van der Waals surface area contributed by atoms with Crippen LogP contribution < -0.4 is 5.32 Å². The molecule has 0 aliphatic rings. The highest BCUT2D eigenvalue weighted by atomic mass is 16.1. The van der Waals surface area contributed by atoms with Gasteiger partial charge in [-0.15, -0.1) is 0 Å². The van der Waals surface area contributed by atoms with Gasteiger partial charge in [-0.3, -0.25) is 4.79 Å². The first kappa shape index (κ1) is 15.4. The Labute approximate surface area is 140 Å². The Hall–Kier alpha value is -3.45. The van der Waals surface area contributed by atoms with Crippen molar-refractivity contribution >= 4 is 17.3 Å². The molecule has 4 nitrogen and oxygen atoms in total. The molecule has 1 aromatic heterocycles. The number of carbonyl (C=O) groups is 1. The molecule has 2 aromatic carbocycles. The number of carbonyl (C=O) groups excluding carboxylic acids is 1. The van der Waals surface area contributed by atoms with Crippen molar-refractivity contribution in [2.45, 2.75) is 6.92 Å². The van der Waals surface area contributed by atoms with Crippen molar-refractivity contribution in [1.82, 2.24) is 4.98 Å². The van der Waals surface area contributed by atoms with Gasteiger partial charge in [-0.1, -0.05) is 30.3 Å². The van der Waals surface area contributed by atoms with Crippen LogP contribution in [0.15, 0.2) is 66.9 Å². The molecule has 0 saturated heterocycles. The molecule has 3 aromatic rings. The van der Waals surface area contributed by atoms with E-state index in [4.69, 9.17) is 0 Å². The number of pyridine rings is 1. The van der Waals surface area contributed by atoms with Crippen molar-refractivity contribution in [2.75, 3.05) is 5.32 Å². The number of nitrogens with zero attached hydrogens (tertiary/aromatic N) is 2. The van der Waals surface area contributed by atoms with Crippen LogP contribution in [0, 0.1) is 11.3 Å². The molecule has 4 heteroatoms. The summed E-state index contributed by atoms with van der Waals surface area (Å²) in [6, 6.07) is 20.9. The minimum Gasteiger partial charge on any atom is -0.339 e. The van der Waals surface area contributed by atoms with Crippen LogP contribution in [0.1, 0.15) is 22.8 Å². The summed E-state index contributed by atoms with van der Waals surface area (Å²) in [5.41, 5.74) is 3.79. The van der Waals surface area contributed by atoms with Crippen molar-refractivity contribution in [3.8, 4) is 17.2 Å². The van der Waals surface area contributed by atoms with Crippen LogP contribution in [0.25, 0.3) is 11.1 Å². The van der Waals surface area contributed by atoms with Gasteiger partial charge in [-0.05, 0) is 42.8 Å². The lowest BCUT2D eigenvalue weighted by atomic mass is 10.1. The maximum absolute atomic E-state index is 11.3. The van der Waals surface area contributed by atoms with E-state index < -0.39 is 0 Å². The number of anilines is 2. The van der Waals surface area contributed by atoms with Gasteiger partial charge >= 0.3 is 0 Å². The molecule has 0 amide bonds. The molecular formula is C20H15N3O. The summed E-state index contributed by atoms with van der Waals surface area (Å²) in [6.45, 7) is 1.53. The number of nitrogens with one attached hydrogen (secondary N) is 1. The molecule has 0 bridgehead atoms. The number of nitriles is 1. The molecule has 116 valence electrons. The number of aromatic nitrogens is 1. The van der Waals surface area contributed by atoms with E-state index >= 15 is 0 Å². The molecule has 0 atom stereocenters. The maximum atomic E-state index is 11.3. The van der Waals surface area contributed by atoms with Crippen LogP contribution in [0.2, 0.25) is 0 Å². The van der Waals surface area contributed by atoms with Gasteiger partial charge in [0.1, 0.15) is 11.9 Å². The third kappa shape index (κ3) is 3.31. The zero-order chi connectivity index (χ0) is 16.9. The van der Waals surface area contributed by atoms with Gasteiger partial charge in [0.2, 0.25) is 0 Å². The normalized spacial score (nSPS) is 10.0. The average Bonchev–Trinajstić information content (AvgIpc) is 2.63. The third-order valence-corrected chi connectivity index (χ3v) is 3.67. The van der Waals surface area contributed by atoms with Crippen LogP contribution in [0.3, 0.4) is 0 Å². The van der Waals surface area contributed by atoms with E-state index in [2.05, 4.69) is 16.4 Å². The number of Topliss-reactive ketones (excluding diaryl/α,β-unsaturated/α-hetero) is 1. The molecule has 0 saturated carbocycles. The topological polar surface area (TPSA) is 65.8 Å². The second-order valence-corrected chi connectivity index (χ2v) is 5.36. The molecule has 24 heavy (non-hydrogen) atoms. The second-order valence-electron chi connectivity index (χ2n) is 5.36. The summed E-state index contributed by atoms with van der Waals surface area (Å²) in [5.74, 6) is 0.511. The van der Waals surface area contributed by atoms with E-state index in [-0.39, 0.29) is 5.78 Å². The van der Waals surface area contributed by atoms with E-state index in [0.29, 0.717) is 16.9 Å². The molecule has 1 heterocycles. The van der Waals surface area contributed by atoms with Gasteiger partial charge in [-0.25, -0.2) is 4.98 Å². The second kappa shape index (κ2) is 6.76. The Bertz CT molecular complexity index is 910. The Morgan fingerprint density at radius 2 is 1.75 bits per heavy atom. The number of benzene rings is 2. The predicted octanol–water partition coefficient (Wildman–Crippen LogP) is 4.57. The standard InChI is InChI=1S/C20H15N3O/c1-14(24)15-7-9-19(10-8-15)23-20-17(12-21)11-18(13-22-20)16-5-3-2-4-6-16/h2-11,13H,1H3,(H,22,23). The minimum absolute atomic E-state index is 0.0182. The van der Waals surface area contributed by atoms with Crippen LogP contribution in [-0.2, 0) is 0 Å². The van der Waals surface area contributed by atoms with Gasteiger partial charge in [0.15, 0.2) is 5.78 Å². The summed E-state index contributed by atoms with van der Waals surface area (Å²) >= 11 is 0. The van der Waals surface area contributed by atoms with Crippen molar-refractivity contribution in [1.29, 1.82) is 5.26 Å². The minimum atomic E-state index is 0.0182. The molecule has 0 aliphatic heterocycles. The summed E-state index contributed by atoms with van der Waals surface area (Å²) in [7, 11) is 0. The van der Waals surface area contributed by atoms with Crippen LogP contribution in [-0.4, -0.2) is 10.8 Å². The number of ketones is 1. The lowest BCUT2D eigenvalue weighted by molar-refractivity contribution is 0.101. The van der Waals surface area contributed by atoms with Gasteiger partial charge < -0.3 is 5.32 Å². The number of hydrogen-bond acceptors (Lipinski definition) is 4. The zero-order valence-corrected chi connectivity index (χ0v) is 13.2. The number of rotatable bonds is 4. The lowest BCUT2D eigenvalue weighted by Gasteiger charge is -2.09. The molecule has 3 rings (SSSR count). The highest BCUT2D eigenvalue weighted by Crippen LogP contribution is 2.24. The first-order chi connectivity index (χ1) is 11.7. The molecule has 0 fully saturated rings. The van der Waals surface area contributed by atoms with Crippen LogP contribution in [0.5, 0.6) is 0 Å². The van der Waals surface area contributed by atoms with Crippen LogP contribution >= 0.6 is 0 Å². The fourth-order valence-electron chi connectivity index (χ4n) is 2.36. The predicted molar refractivity (Wildman–Crippen MR) is 94.1 cm³/mol. The van der Waals surface area contributed by atoms with E-state index in [9.17, 15) is 10.1 Å². The first-order valence-electron chi connectivity index (χ1n) is 7.51. The Morgan fingerprint density at radius 1 is 1.04 bits per heavy atom. The highest BCUT2D eigenvalue weighted by Gasteiger charge is 2.08. The highest BCUT2D eigenvalue weighted by molar-refractivity contribution is 5.94. The van der Waals surface area contributed by atoms with Crippen molar-refractivity contribution in [3.63, 3.8) is 0 Å². The Balaban J connectivity index is 1.89. The van der Waals surface area contributed by atoms with Gasteiger partial charge in [0.05, 0.1) is 5.56 Å². The Kier molecular flexibility index (Phi) is 4.35. The molecule has 0 unspecified atom stereocenters. The van der Waals surface area contributed by atoms with Crippen molar-refractivity contribution in [2.24, 2.45) is 0 Å². The fourth-order valence-corrected chi connectivity index (χ4v) is 2.36. The summed E-state index contributed by atoms with van der Waals surface area (Å²) in [4.78, 5) is 15.7. The lowest BCUT2D eigenvalue weighted by Crippen LogP contribution is -1.98. The zero-order valence-electron chi connectivity index (χ0n) is 13.2. The maximum Gasteiger partial charge on any atom is 0.159 e. The molecule has 0 spiro atoms. The van der Waals surface area contributed by atoms with Gasteiger partial charge in [0, 0.05) is 23.0 Å². The first-order valence-corrected chi connectivity index (χ1v) is 7.51. The monoisotopic (exact) mass is 313 g/mol. The average molecular weight is 313 g/mol. The van der Waals surface area contributed by atoms with E-state index in [1.165, 1.54) is 6.92 Å². The molecular weight excluding hydrogens is 298 g/mol. The van der Waals surface area contributed by atoms with Gasteiger partial charge in [-0.2, -0.15) is 5.26 Å². The van der Waals surface area contributed by atoms with Gasteiger partial charge in [0.25, 0.3) is 0 Å². The molecule has 0 radical (unpaired) electrons. The third-order valence-electron chi connectivity index (χ3n) is 3.67. The summed E-state index contributed by atoms with van der Waals surface area (Å²) in [6.07, 6.45) is 1.74. The summed E-state index contributed by atoms with van der Waals surface area (Å²) < 4.78 is 0. The quantitative estimate of drug-likeness (QED) is 0.717. The van der Waals surface area contributed by atoms with E-state index in [0.717, 1.165) is 16.8 Å². The van der Waals surface area contributed by atoms with E-state index in [1.54, 1.807) is 30.5 Å². The van der Waals surface area contributed by atoms with Crippen molar-refractivity contribution in [3.05, 3.63) is 78.0 Å². The van der Waals surface area contributed by atoms with Crippen LogP contribution in [0.4, 0.5) is 11.5 Å². The Morgan fingerprint density at radius 3 is 2.38 bits per heavy atom. The molecule has 0 aliphatic carbocycles.